The van der Waals surface area contributed by atoms with Crippen LogP contribution in [-0.2, 0) is 4.79 Å². The van der Waals surface area contributed by atoms with Crippen molar-refractivity contribution in [2.24, 2.45) is 5.10 Å². The van der Waals surface area contributed by atoms with Gasteiger partial charge in [-0.05, 0) is 47.5 Å². The van der Waals surface area contributed by atoms with Crippen molar-refractivity contribution in [1.82, 2.24) is 5.43 Å². The summed E-state index contributed by atoms with van der Waals surface area (Å²) in [5.41, 5.74) is 3.12. The van der Waals surface area contributed by atoms with Crippen molar-refractivity contribution in [3.63, 3.8) is 0 Å². The monoisotopic (exact) mass is 334 g/mol. The lowest BCUT2D eigenvalue weighted by molar-refractivity contribution is -0.127. The van der Waals surface area contributed by atoms with Crippen molar-refractivity contribution in [3.05, 3.63) is 72.3 Å². The number of fused-ring (bicyclic) bond motifs is 1. The maximum atomic E-state index is 12.1. The molecular formula is C20H18N2O3. The number of phenols is 1. The number of hydrogen-bond acceptors (Lipinski definition) is 4. The summed E-state index contributed by atoms with van der Waals surface area (Å²) in [5.74, 6) is 0.408. The Morgan fingerprint density at radius 1 is 1.08 bits per heavy atom. The summed E-state index contributed by atoms with van der Waals surface area (Å²) < 4.78 is 5.68. The Labute approximate surface area is 145 Å². The number of aromatic hydroxyl groups is 1. The van der Waals surface area contributed by atoms with Gasteiger partial charge >= 0.3 is 0 Å². The van der Waals surface area contributed by atoms with Crippen LogP contribution in [0.1, 0.15) is 12.5 Å². The maximum Gasteiger partial charge on any atom is 0.280 e. The number of rotatable bonds is 5. The van der Waals surface area contributed by atoms with Crippen LogP contribution in [0, 0.1) is 0 Å². The molecule has 1 unspecified atom stereocenters. The lowest BCUT2D eigenvalue weighted by Crippen LogP contribution is -2.33. The molecule has 25 heavy (non-hydrogen) atoms. The van der Waals surface area contributed by atoms with Crippen molar-refractivity contribution >= 4 is 22.9 Å². The molecule has 2 N–H and O–H groups in total. The first kappa shape index (κ1) is 16.5. The number of nitrogens with zero attached hydrogens (tertiary/aromatic N) is 1. The number of ether oxygens (including phenoxy) is 1. The van der Waals surface area contributed by atoms with Crippen molar-refractivity contribution in [3.8, 4) is 11.5 Å². The Bertz CT molecular complexity index is 921. The quantitative estimate of drug-likeness (QED) is 0.554. The van der Waals surface area contributed by atoms with Crippen LogP contribution in [0.3, 0.4) is 0 Å². The van der Waals surface area contributed by atoms with E-state index in [-0.39, 0.29) is 11.7 Å². The zero-order valence-electron chi connectivity index (χ0n) is 13.7. The first-order valence-corrected chi connectivity index (χ1v) is 7.89. The van der Waals surface area contributed by atoms with E-state index in [2.05, 4.69) is 10.5 Å². The third-order valence-electron chi connectivity index (χ3n) is 3.66. The first-order chi connectivity index (χ1) is 12.1. The van der Waals surface area contributed by atoms with Gasteiger partial charge in [0.1, 0.15) is 11.5 Å². The molecule has 0 aliphatic rings. The van der Waals surface area contributed by atoms with Gasteiger partial charge in [0, 0.05) is 0 Å². The molecular weight excluding hydrogens is 316 g/mol. The molecule has 0 aliphatic carbocycles. The summed E-state index contributed by atoms with van der Waals surface area (Å²) in [6.45, 7) is 1.66. The van der Waals surface area contributed by atoms with Crippen LogP contribution >= 0.6 is 0 Å². The number of carbonyl (C=O) groups excluding carboxylic acids is 1. The fraction of sp³-hybridized carbons (Fsp3) is 0.100. The van der Waals surface area contributed by atoms with Gasteiger partial charge in [-0.3, -0.25) is 4.79 Å². The lowest BCUT2D eigenvalue weighted by Gasteiger charge is -2.13. The summed E-state index contributed by atoms with van der Waals surface area (Å²) in [6.07, 6.45) is 0.767. The zero-order valence-corrected chi connectivity index (χ0v) is 13.7. The minimum Gasteiger partial charge on any atom is -0.508 e. The molecule has 0 radical (unpaired) electrons. The van der Waals surface area contributed by atoms with Gasteiger partial charge in [-0.15, -0.1) is 0 Å². The molecule has 0 saturated heterocycles. The Hall–Kier alpha value is -3.34. The summed E-state index contributed by atoms with van der Waals surface area (Å²) >= 11 is 0. The molecule has 0 fully saturated rings. The van der Waals surface area contributed by atoms with Crippen molar-refractivity contribution in [2.45, 2.75) is 13.0 Å². The highest BCUT2D eigenvalue weighted by atomic mass is 16.5. The minimum atomic E-state index is -0.692. The van der Waals surface area contributed by atoms with Gasteiger partial charge < -0.3 is 9.84 Å². The van der Waals surface area contributed by atoms with E-state index in [1.165, 1.54) is 6.21 Å². The van der Waals surface area contributed by atoms with E-state index in [0.29, 0.717) is 11.3 Å². The minimum absolute atomic E-state index is 0.142. The van der Waals surface area contributed by atoms with Crippen LogP contribution in [0.25, 0.3) is 10.8 Å². The highest BCUT2D eigenvalue weighted by molar-refractivity contribution is 5.85. The van der Waals surface area contributed by atoms with Gasteiger partial charge in [0.2, 0.25) is 0 Å². The average molecular weight is 334 g/mol. The number of hydrogen-bond donors (Lipinski definition) is 2. The van der Waals surface area contributed by atoms with Crippen LogP contribution in [0.4, 0.5) is 0 Å². The molecule has 1 amide bonds. The third kappa shape index (κ3) is 4.35. The predicted octanol–water partition coefficient (Wildman–Crippen LogP) is 3.46. The third-order valence-corrected chi connectivity index (χ3v) is 3.66. The summed E-state index contributed by atoms with van der Waals surface area (Å²) in [6, 6.07) is 20.2. The van der Waals surface area contributed by atoms with E-state index in [0.717, 1.165) is 10.8 Å². The lowest BCUT2D eigenvalue weighted by atomic mass is 10.1. The van der Waals surface area contributed by atoms with Crippen molar-refractivity contribution < 1.29 is 14.6 Å². The smallest absolute Gasteiger partial charge is 0.280 e. The van der Waals surface area contributed by atoms with E-state index < -0.39 is 6.10 Å². The van der Waals surface area contributed by atoms with Crippen LogP contribution in [0.2, 0.25) is 0 Å². The van der Waals surface area contributed by atoms with E-state index in [1.807, 2.05) is 42.5 Å². The molecule has 126 valence electrons. The van der Waals surface area contributed by atoms with Gasteiger partial charge in [-0.1, -0.05) is 42.5 Å². The Balaban J connectivity index is 1.59. The number of amides is 1. The largest absolute Gasteiger partial charge is 0.508 e. The number of carbonyl (C=O) groups is 1. The van der Waals surface area contributed by atoms with Crippen molar-refractivity contribution in [2.75, 3.05) is 0 Å². The van der Waals surface area contributed by atoms with Crippen LogP contribution in [-0.4, -0.2) is 23.3 Å². The summed E-state index contributed by atoms with van der Waals surface area (Å²) in [7, 11) is 0. The number of benzene rings is 3. The predicted molar refractivity (Wildman–Crippen MR) is 97.9 cm³/mol. The number of hydrazone groups is 1. The second-order valence-corrected chi connectivity index (χ2v) is 5.60. The molecule has 0 aromatic heterocycles. The van der Waals surface area contributed by atoms with Crippen LogP contribution in [0.15, 0.2) is 71.8 Å². The Kier molecular flexibility index (Phi) is 4.95. The summed E-state index contributed by atoms with van der Waals surface area (Å²) in [4.78, 5) is 12.1. The second kappa shape index (κ2) is 7.49. The molecule has 3 rings (SSSR count). The van der Waals surface area contributed by atoms with E-state index >= 15 is 0 Å². The molecule has 5 heteroatoms. The molecule has 5 nitrogen and oxygen atoms in total. The SMILES string of the molecule is CC(Oc1ccc2ccccc2c1)C(=O)NN=Cc1cccc(O)c1. The Morgan fingerprint density at radius 3 is 2.68 bits per heavy atom. The zero-order chi connectivity index (χ0) is 17.6. The topological polar surface area (TPSA) is 70.9 Å². The molecule has 0 heterocycles. The molecule has 0 bridgehead atoms. The molecule has 0 saturated carbocycles. The van der Waals surface area contributed by atoms with Crippen molar-refractivity contribution in [1.29, 1.82) is 0 Å². The fourth-order valence-electron chi connectivity index (χ4n) is 2.36. The highest BCUT2D eigenvalue weighted by Gasteiger charge is 2.14. The van der Waals surface area contributed by atoms with Gasteiger partial charge in [0.15, 0.2) is 6.10 Å². The molecule has 3 aromatic rings. The molecule has 0 spiro atoms. The average Bonchev–Trinajstić information content (AvgIpc) is 2.61. The van der Waals surface area contributed by atoms with Gasteiger partial charge in [-0.2, -0.15) is 5.10 Å². The van der Waals surface area contributed by atoms with E-state index in [9.17, 15) is 9.90 Å². The van der Waals surface area contributed by atoms with Gasteiger partial charge in [0.25, 0.3) is 5.91 Å². The second-order valence-electron chi connectivity index (χ2n) is 5.60. The van der Waals surface area contributed by atoms with Crippen LogP contribution < -0.4 is 10.2 Å². The Morgan fingerprint density at radius 2 is 1.88 bits per heavy atom. The standard InChI is InChI=1S/C20H18N2O3/c1-14(20(24)22-21-13-15-5-4-8-18(23)11-15)25-19-10-9-16-6-2-3-7-17(16)12-19/h2-14,23H,1H3,(H,22,24). The van der Waals surface area contributed by atoms with E-state index in [1.54, 1.807) is 31.2 Å². The van der Waals surface area contributed by atoms with Gasteiger partial charge in [-0.25, -0.2) is 5.43 Å². The number of nitrogens with one attached hydrogen (secondary N) is 1. The molecule has 3 aromatic carbocycles. The van der Waals surface area contributed by atoms with Gasteiger partial charge in [0.05, 0.1) is 6.21 Å². The normalized spacial score (nSPS) is 12.2. The fourth-order valence-corrected chi connectivity index (χ4v) is 2.36. The van der Waals surface area contributed by atoms with E-state index in [4.69, 9.17) is 4.74 Å². The highest BCUT2D eigenvalue weighted by Crippen LogP contribution is 2.21. The molecule has 0 aliphatic heterocycles. The number of phenolic OH excluding ortho intramolecular Hbond substituents is 1. The molecule has 1 atom stereocenters. The first-order valence-electron chi connectivity index (χ1n) is 7.89. The summed E-state index contributed by atoms with van der Waals surface area (Å²) in [5, 5.41) is 15.4. The van der Waals surface area contributed by atoms with Crippen LogP contribution in [0.5, 0.6) is 11.5 Å². The maximum absolute atomic E-state index is 12.1.